The van der Waals surface area contributed by atoms with Gasteiger partial charge in [-0.15, -0.1) is 0 Å². The van der Waals surface area contributed by atoms with Gasteiger partial charge < -0.3 is 15.2 Å². The fourth-order valence-corrected chi connectivity index (χ4v) is 1.60. The van der Waals surface area contributed by atoms with Crippen LogP contribution in [0.4, 0.5) is 0 Å². The Morgan fingerprint density at radius 1 is 1.36 bits per heavy atom. The Morgan fingerprint density at radius 3 is 2.50 bits per heavy atom. The van der Waals surface area contributed by atoms with Crippen LogP contribution in [-0.4, -0.2) is 36.5 Å². The van der Waals surface area contributed by atoms with Gasteiger partial charge in [-0.1, -0.05) is 0 Å². The fraction of sp³-hybridized carbons (Fsp3) is 1.00. The average Bonchev–Trinajstić information content (AvgIpc) is 1.98. The molecule has 0 saturated heterocycles. The summed E-state index contributed by atoms with van der Waals surface area (Å²) in [4.78, 5) is 0. The van der Waals surface area contributed by atoms with Gasteiger partial charge in [-0.2, -0.15) is 0 Å². The number of hydrogen-bond donors (Lipinski definition) is 2. The topological polar surface area (TPSA) is 41.5 Å². The van der Waals surface area contributed by atoms with E-state index in [1.165, 1.54) is 0 Å². The molecule has 1 aliphatic rings. The summed E-state index contributed by atoms with van der Waals surface area (Å²) in [5, 5.41) is 12.4. The molecule has 3 nitrogen and oxygen atoms in total. The second kappa shape index (κ2) is 5.10. The lowest BCUT2D eigenvalue weighted by Crippen LogP contribution is -2.37. The van der Waals surface area contributed by atoms with Crippen molar-refractivity contribution in [3.8, 4) is 0 Å². The average molecular weight is 201 g/mol. The van der Waals surface area contributed by atoms with E-state index in [4.69, 9.17) is 9.84 Å². The standard InChI is InChI=1S/C11H23NO2/c1-11(2,3)14-5-4-12-8-9-6-10(13)7-9/h9-10,12-13H,4-8H2,1-3H3. The largest absolute Gasteiger partial charge is 0.393 e. The summed E-state index contributed by atoms with van der Waals surface area (Å²) in [6.45, 7) is 8.88. The van der Waals surface area contributed by atoms with Gasteiger partial charge in [-0.05, 0) is 46.1 Å². The van der Waals surface area contributed by atoms with Gasteiger partial charge in [0.05, 0.1) is 18.3 Å². The Balaban J connectivity index is 1.85. The van der Waals surface area contributed by atoms with E-state index in [0.717, 1.165) is 32.5 Å². The maximum absolute atomic E-state index is 9.08. The first-order chi connectivity index (χ1) is 6.47. The highest BCUT2D eigenvalue weighted by molar-refractivity contribution is 4.79. The van der Waals surface area contributed by atoms with E-state index in [9.17, 15) is 0 Å². The second-order valence-corrected chi connectivity index (χ2v) is 5.16. The van der Waals surface area contributed by atoms with Gasteiger partial charge in [0.15, 0.2) is 0 Å². The minimum atomic E-state index is -0.0346. The summed E-state index contributed by atoms with van der Waals surface area (Å²) >= 11 is 0. The number of rotatable bonds is 5. The van der Waals surface area contributed by atoms with Crippen LogP contribution in [0.1, 0.15) is 33.6 Å². The number of aliphatic hydroxyl groups is 1. The van der Waals surface area contributed by atoms with Crippen LogP contribution in [0.5, 0.6) is 0 Å². The van der Waals surface area contributed by atoms with Crippen LogP contribution in [-0.2, 0) is 4.74 Å². The van der Waals surface area contributed by atoms with E-state index in [2.05, 4.69) is 26.1 Å². The Kier molecular flexibility index (Phi) is 4.35. The molecule has 0 aromatic rings. The SMILES string of the molecule is CC(C)(C)OCCNCC1CC(O)C1. The molecule has 0 aromatic heterocycles. The van der Waals surface area contributed by atoms with Crippen molar-refractivity contribution in [3.63, 3.8) is 0 Å². The van der Waals surface area contributed by atoms with Gasteiger partial charge in [0.2, 0.25) is 0 Å². The van der Waals surface area contributed by atoms with Crippen molar-refractivity contribution < 1.29 is 9.84 Å². The van der Waals surface area contributed by atoms with Crippen molar-refractivity contribution in [1.82, 2.24) is 5.32 Å². The lowest BCUT2D eigenvalue weighted by molar-refractivity contribution is -0.00276. The minimum Gasteiger partial charge on any atom is -0.393 e. The predicted molar refractivity (Wildman–Crippen MR) is 57.3 cm³/mol. The van der Waals surface area contributed by atoms with Crippen LogP contribution in [0.3, 0.4) is 0 Å². The van der Waals surface area contributed by atoms with Crippen molar-refractivity contribution in [2.75, 3.05) is 19.7 Å². The molecule has 0 amide bonds. The van der Waals surface area contributed by atoms with Gasteiger partial charge >= 0.3 is 0 Å². The third-order valence-corrected chi connectivity index (χ3v) is 2.46. The summed E-state index contributed by atoms with van der Waals surface area (Å²) in [6.07, 6.45) is 1.90. The predicted octanol–water partition coefficient (Wildman–Crippen LogP) is 1.16. The molecule has 0 heterocycles. The van der Waals surface area contributed by atoms with Crippen LogP contribution in [0, 0.1) is 5.92 Å². The monoisotopic (exact) mass is 201 g/mol. The van der Waals surface area contributed by atoms with Crippen molar-refractivity contribution >= 4 is 0 Å². The lowest BCUT2D eigenvalue weighted by atomic mass is 9.82. The third kappa shape index (κ3) is 4.94. The quantitative estimate of drug-likeness (QED) is 0.656. The van der Waals surface area contributed by atoms with Gasteiger partial charge in [0, 0.05) is 6.54 Å². The first-order valence-corrected chi connectivity index (χ1v) is 5.50. The van der Waals surface area contributed by atoms with E-state index < -0.39 is 0 Å². The van der Waals surface area contributed by atoms with E-state index in [-0.39, 0.29) is 11.7 Å². The van der Waals surface area contributed by atoms with E-state index in [0.29, 0.717) is 5.92 Å². The first kappa shape index (κ1) is 12.0. The molecule has 0 atom stereocenters. The molecule has 1 aliphatic carbocycles. The van der Waals surface area contributed by atoms with Crippen LogP contribution in [0.15, 0.2) is 0 Å². The number of aliphatic hydroxyl groups excluding tert-OH is 1. The molecular weight excluding hydrogens is 178 g/mol. The smallest absolute Gasteiger partial charge is 0.0599 e. The molecule has 2 N–H and O–H groups in total. The van der Waals surface area contributed by atoms with Crippen LogP contribution >= 0.6 is 0 Å². The molecule has 0 unspecified atom stereocenters. The van der Waals surface area contributed by atoms with Crippen molar-refractivity contribution in [2.24, 2.45) is 5.92 Å². The molecule has 0 aromatic carbocycles. The first-order valence-electron chi connectivity index (χ1n) is 5.50. The van der Waals surface area contributed by atoms with Crippen LogP contribution < -0.4 is 5.32 Å². The van der Waals surface area contributed by atoms with Crippen LogP contribution in [0.25, 0.3) is 0 Å². The van der Waals surface area contributed by atoms with Gasteiger partial charge in [-0.25, -0.2) is 0 Å². The Hall–Kier alpha value is -0.120. The lowest BCUT2D eigenvalue weighted by Gasteiger charge is -2.31. The molecule has 1 fully saturated rings. The summed E-state index contributed by atoms with van der Waals surface area (Å²) in [5.74, 6) is 0.680. The maximum Gasteiger partial charge on any atom is 0.0599 e. The van der Waals surface area contributed by atoms with E-state index in [1.54, 1.807) is 0 Å². The Bertz CT molecular complexity index is 159. The molecule has 0 bridgehead atoms. The number of ether oxygens (including phenoxy) is 1. The second-order valence-electron chi connectivity index (χ2n) is 5.16. The number of nitrogens with one attached hydrogen (secondary N) is 1. The highest BCUT2D eigenvalue weighted by Gasteiger charge is 2.26. The zero-order valence-corrected chi connectivity index (χ0v) is 9.55. The highest BCUT2D eigenvalue weighted by Crippen LogP contribution is 2.25. The van der Waals surface area contributed by atoms with Gasteiger partial charge in [0.1, 0.15) is 0 Å². The molecule has 0 aliphatic heterocycles. The molecule has 14 heavy (non-hydrogen) atoms. The van der Waals surface area contributed by atoms with E-state index >= 15 is 0 Å². The minimum absolute atomic E-state index is 0.0334. The van der Waals surface area contributed by atoms with E-state index in [1.807, 2.05) is 0 Å². The third-order valence-electron chi connectivity index (χ3n) is 2.46. The molecule has 1 rings (SSSR count). The maximum atomic E-state index is 9.08. The summed E-state index contributed by atoms with van der Waals surface area (Å²) in [5.41, 5.74) is -0.0334. The van der Waals surface area contributed by atoms with Gasteiger partial charge in [0.25, 0.3) is 0 Å². The normalized spacial score (nSPS) is 27.4. The van der Waals surface area contributed by atoms with Crippen molar-refractivity contribution in [2.45, 2.75) is 45.3 Å². The Morgan fingerprint density at radius 2 is 2.00 bits per heavy atom. The zero-order chi connectivity index (χ0) is 10.6. The van der Waals surface area contributed by atoms with Crippen LogP contribution in [0.2, 0.25) is 0 Å². The summed E-state index contributed by atoms with van der Waals surface area (Å²) in [6, 6.07) is 0. The molecule has 3 heteroatoms. The van der Waals surface area contributed by atoms with Gasteiger partial charge in [-0.3, -0.25) is 0 Å². The zero-order valence-electron chi connectivity index (χ0n) is 9.55. The summed E-state index contributed by atoms with van der Waals surface area (Å²) in [7, 11) is 0. The fourth-order valence-electron chi connectivity index (χ4n) is 1.60. The molecule has 1 saturated carbocycles. The Labute approximate surface area is 86.8 Å². The highest BCUT2D eigenvalue weighted by atomic mass is 16.5. The van der Waals surface area contributed by atoms with Crippen molar-refractivity contribution in [1.29, 1.82) is 0 Å². The molecule has 0 spiro atoms. The molecule has 0 radical (unpaired) electrons. The molecule has 84 valence electrons. The van der Waals surface area contributed by atoms with Crippen molar-refractivity contribution in [3.05, 3.63) is 0 Å². The number of hydrogen-bond acceptors (Lipinski definition) is 3. The summed E-state index contributed by atoms with van der Waals surface area (Å²) < 4.78 is 5.57. The molecular formula is C11H23NO2.